The van der Waals surface area contributed by atoms with Gasteiger partial charge in [0.05, 0.1) is 0 Å². The maximum absolute atomic E-state index is 3.74. The van der Waals surface area contributed by atoms with Crippen LogP contribution < -0.4 is 5.32 Å². The number of likely N-dealkylation sites (N-methyl/N-ethyl adjacent to an activating group) is 2. The van der Waals surface area contributed by atoms with E-state index in [-0.39, 0.29) is 0 Å². The Labute approximate surface area is 126 Å². The van der Waals surface area contributed by atoms with Crippen molar-refractivity contribution in [2.45, 2.75) is 58.0 Å². The highest BCUT2D eigenvalue weighted by Crippen LogP contribution is 2.30. The molecule has 1 N–H and O–H groups in total. The number of piperidine rings is 1. The minimum absolute atomic E-state index is 0.750. The van der Waals surface area contributed by atoms with E-state index >= 15 is 0 Å². The molecule has 118 valence electrons. The van der Waals surface area contributed by atoms with Crippen LogP contribution >= 0.6 is 0 Å². The zero-order chi connectivity index (χ0) is 14.5. The third-order valence-corrected chi connectivity index (χ3v) is 5.46. The molecule has 2 aliphatic rings. The fourth-order valence-corrected chi connectivity index (χ4v) is 4.25. The minimum Gasteiger partial charge on any atom is -0.314 e. The zero-order valence-corrected chi connectivity index (χ0v) is 14.1. The molecule has 1 aliphatic carbocycles. The van der Waals surface area contributed by atoms with Crippen molar-refractivity contribution in [3.63, 3.8) is 0 Å². The van der Waals surface area contributed by atoms with E-state index in [2.05, 4.69) is 43.1 Å². The summed E-state index contributed by atoms with van der Waals surface area (Å²) in [5.74, 6) is 1.76. The zero-order valence-electron chi connectivity index (χ0n) is 14.1. The maximum Gasteiger partial charge on any atom is 0.0220 e. The van der Waals surface area contributed by atoms with Gasteiger partial charge in [0.15, 0.2) is 0 Å². The molecule has 1 aliphatic heterocycles. The minimum atomic E-state index is 0.750. The number of nitrogens with zero attached hydrogens (tertiary/aromatic N) is 2. The predicted octanol–water partition coefficient (Wildman–Crippen LogP) is 2.43. The summed E-state index contributed by atoms with van der Waals surface area (Å²) in [6.07, 6.45) is 6.94. The highest BCUT2D eigenvalue weighted by molar-refractivity contribution is 4.87. The standard InChI is InChI=1S/C17H35N3/c1-5-18-17-9-8-14(2)11-15(17)12-20(4)16-7-6-10-19(3)13-16/h14-18H,5-13H2,1-4H3. The SMILES string of the molecule is CCNC1CCC(C)CC1CN(C)C1CCCN(C)C1. The van der Waals surface area contributed by atoms with Gasteiger partial charge < -0.3 is 15.1 Å². The van der Waals surface area contributed by atoms with Gasteiger partial charge in [-0.3, -0.25) is 0 Å². The van der Waals surface area contributed by atoms with Gasteiger partial charge in [0.25, 0.3) is 0 Å². The van der Waals surface area contributed by atoms with Gasteiger partial charge in [-0.25, -0.2) is 0 Å². The van der Waals surface area contributed by atoms with Crippen LogP contribution in [0, 0.1) is 11.8 Å². The van der Waals surface area contributed by atoms with Crippen LogP contribution in [0.4, 0.5) is 0 Å². The topological polar surface area (TPSA) is 18.5 Å². The normalized spacial score (nSPS) is 36.5. The number of rotatable bonds is 5. The summed E-state index contributed by atoms with van der Waals surface area (Å²) in [6.45, 7) is 9.61. The first-order valence-electron chi connectivity index (χ1n) is 8.72. The number of hydrogen-bond acceptors (Lipinski definition) is 3. The Balaban J connectivity index is 1.87. The Morgan fingerprint density at radius 3 is 2.75 bits per heavy atom. The van der Waals surface area contributed by atoms with Crippen molar-refractivity contribution in [1.29, 1.82) is 0 Å². The third-order valence-electron chi connectivity index (χ3n) is 5.46. The Hall–Kier alpha value is -0.120. The fraction of sp³-hybridized carbons (Fsp3) is 1.00. The Kier molecular flexibility index (Phi) is 6.31. The summed E-state index contributed by atoms with van der Waals surface area (Å²) in [4.78, 5) is 5.15. The lowest BCUT2D eigenvalue weighted by atomic mass is 9.78. The molecular weight excluding hydrogens is 246 g/mol. The van der Waals surface area contributed by atoms with Crippen molar-refractivity contribution in [2.24, 2.45) is 11.8 Å². The molecule has 1 heterocycles. The molecule has 1 saturated heterocycles. The molecule has 0 aromatic rings. The lowest BCUT2D eigenvalue weighted by Gasteiger charge is -2.41. The first kappa shape index (κ1) is 16.3. The summed E-state index contributed by atoms with van der Waals surface area (Å²) < 4.78 is 0. The van der Waals surface area contributed by atoms with Crippen LogP contribution in [0.2, 0.25) is 0 Å². The number of nitrogens with one attached hydrogen (secondary N) is 1. The van der Waals surface area contributed by atoms with Crippen molar-refractivity contribution < 1.29 is 0 Å². The molecule has 0 aromatic heterocycles. The Morgan fingerprint density at radius 2 is 2.05 bits per heavy atom. The second kappa shape index (κ2) is 7.77. The lowest BCUT2D eigenvalue weighted by molar-refractivity contribution is 0.0931. The smallest absolute Gasteiger partial charge is 0.0220 e. The van der Waals surface area contributed by atoms with E-state index in [1.807, 2.05) is 0 Å². The van der Waals surface area contributed by atoms with Gasteiger partial charge in [-0.1, -0.05) is 13.8 Å². The maximum atomic E-state index is 3.74. The molecule has 3 nitrogen and oxygen atoms in total. The molecule has 0 spiro atoms. The van der Waals surface area contributed by atoms with Crippen LogP contribution in [0.25, 0.3) is 0 Å². The largest absolute Gasteiger partial charge is 0.314 e. The van der Waals surface area contributed by atoms with Crippen LogP contribution in [-0.4, -0.2) is 62.2 Å². The lowest BCUT2D eigenvalue weighted by Crippen LogP contribution is -2.50. The molecule has 2 fully saturated rings. The first-order valence-corrected chi connectivity index (χ1v) is 8.72. The second-order valence-electron chi connectivity index (χ2n) is 7.34. The van der Waals surface area contributed by atoms with Crippen molar-refractivity contribution in [1.82, 2.24) is 15.1 Å². The van der Waals surface area contributed by atoms with Gasteiger partial charge in [0, 0.05) is 25.2 Å². The fourth-order valence-electron chi connectivity index (χ4n) is 4.25. The monoisotopic (exact) mass is 281 g/mol. The molecular formula is C17H35N3. The van der Waals surface area contributed by atoms with Crippen molar-refractivity contribution in [3.05, 3.63) is 0 Å². The van der Waals surface area contributed by atoms with E-state index in [4.69, 9.17) is 0 Å². The molecule has 20 heavy (non-hydrogen) atoms. The quantitative estimate of drug-likeness (QED) is 0.835. The van der Waals surface area contributed by atoms with Gasteiger partial charge in [-0.2, -0.15) is 0 Å². The third kappa shape index (κ3) is 4.44. The van der Waals surface area contributed by atoms with Crippen LogP contribution in [0.3, 0.4) is 0 Å². The summed E-state index contributed by atoms with van der Waals surface area (Å²) in [7, 11) is 4.62. The van der Waals surface area contributed by atoms with Crippen molar-refractivity contribution in [2.75, 3.05) is 40.3 Å². The molecule has 3 heteroatoms. The van der Waals surface area contributed by atoms with Gasteiger partial charge in [0.2, 0.25) is 0 Å². The average molecular weight is 281 g/mol. The van der Waals surface area contributed by atoms with E-state index < -0.39 is 0 Å². The van der Waals surface area contributed by atoms with Gasteiger partial charge in [-0.15, -0.1) is 0 Å². The number of likely N-dealkylation sites (tertiary alicyclic amines) is 1. The van der Waals surface area contributed by atoms with E-state index in [1.54, 1.807) is 0 Å². The van der Waals surface area contributed by atoms with Crippen molar-refractivity contribution >= 4 is 0 Å². The van der Waals surface area contributed by atoms with Gasteiger partial charge in [0.1, 0.15) is 0 Å². The Morgan fingerprint density at radius 1 is 1.25 bits per heavy atom. The molecule has 0 aromatic carbocycles. The Bertz CT molecular complexity index is 281. The van der Waals surface area contributed by atoms with Crippen LogP contribution in [0.5, 0.6) is 0 Å². The highest BCUT2D eigenvalue weighted by atomic mass is 15.2. The number of hydrogen-bond donors (Lipinski definition) is 1. The van der Waals surface area contributed by atoms with E-state index in [0.29, 0.717) is 0 Å². The van der Waals surface area contributed by atoms with Crippen LogP contribution in [0.1, 0.15) is 46.0 Å². The molecule has 4 atom stereocenters. The summed E-state index contributed by atoms with van der Waals surface area (Å²) >= 11 is 0. The molecule has 4 unspecified atom stereocenters. The molecule has 0 bridgehead atoms. The van der Waals surface area contributed by atoms with E-state index in [1.165, 1.54) is 51.7 Å². The summed E-state index contributed by atoms with van der Waals surface area (Å²) in [5.41, 5.74) is 0. The van der Waals surface area contributed by atoms with Gasteiger partial charge in [-0.05, 0) is 71.1 Å². The second-order valence-corrected chi connectivity index (χ2v) is 7.34. The van der Waals surface area contributed by atoms with E-state index in [0.717, 1.165) is 30.5 Å². The van der Waals surface area contributed by atoms with Crippen molar-refractivity contribution in [3.8, 4) is 0 Å². The van der Waals surface area contributed by atoms with Crippen LogP contribution in [0.15, 0.2) is 0 Å². The molecule has 1 saturated carbocycles. The predicted molar refractivity (Wildman–Crippen MR) is 87.1 cm³/mol. The average Bonchev–Trinajstić information content (AvgIpc) is 2.42. The van der Waals surface area contributed by atoms with E-state index in [9.17, 15) is 0 Å². The molecule has 0 radical (unpaired) electrons. The first-order chi connectivity index (χ1) is 9.60. The van der Waals surface area contributed by atoms with Gasteiger partial charge >= 0.3 is 0 Å². The highest BCUT2D eigenvalue weighted by Gasteiger charge is 2.31. The van der Waals surface area contributed by atoms with Crippen LogP contribution in [-0.2, 0) is 0 Å². The summed E-state index contributed by atoms with van der Waals surface area (Å²) in [6, 6.07) is 1.52. The molecule has 2 rings (SSSR count). The summed E-state index contributed by atoms with van der Waals surface area (Å²) in [5, 5.41) is 3.74. The molecule has 0 amide bonds.